The van der Waals surface area contributed by atoms with Crippen LogP contribution in [0.3, 0.4) is 0 Å². The molecule has 112 valence electrons. The zero-order chi connectivity index (χ0) is 15.6. The molecule has 0 aliphatic carbocycles. The Morgan fingerprint density at radius 2 is 1.71 bits per heavy atom. The molecule has 0 aliphatic rings. The first-order valence-corrected chi connectivity index (χ1v) is 6.88. The van der Waals surface area contributed by atoms with Crippen molar-refractivity contribution in [2.24, 2.45) is 0 Å². The molecule has 0 fully saturated rings. The van der Waals surface area contributed by atoms with Crippen LogP contribution in [-0.2, 0) is 0 Å². The number of H-pyrrole nitrogens is 1. The second-order valence-electron chi connectivity index (χ2n) is 3.96. The fourth-order valence-electron chi connectivity index (χ4n) is 1.80. The minimum absolute atomic E-state index is 0.114. The van der Waals surface area contributed by atoms with E-state index < -0.39 is 5.56 Å². The fraction of sp³-hybridized carbons (Fsp3) is 0.231. The Hall–Kier alpha value is -1.97. The normalized spacial score (nSPS) is 10.3. The van der Waals surface area contributed by atoms with Gasteiger partial charge in [0.2, 0.25) is 5.88 Å². The average Bonchev–Trinajstić information content (AvgIpc) is 2.50. The van der Waals surface area contributed by atoms with Gasteiger partial charge in [0.25, 0.3) is 5.56 Å². The number of halogens is 1. The maximum atomic E-state index is 11.8. The number of hydrogen-bond acceptors (Lipinski definition) is 6. The molecule has 0 saturated heterocycles. The van der Waals surface area contributed by atoms with Gasteiger partial charge in [0.15, 0.2) is 5.82 Å². The summed E-state index contributed by atoms with van der Waals surface area (Å²) < 4.78 is 15.8. The van der Waals surface area contributed by atoms with E-state index in [1.807, 2.05) is 0 Å². The lowest BCUT2D eigenvalue weighted by Gasteiger charge is -2.14. The molecule has 0 saturated carbocycles. The van der Waals surface area contributed by atoms with E-state index >= 15 is 0 Å². The van der Waals surface area contributed by atoms with Gasteiger partial charge in [-0.15, -0.1) is 0 Å². The zero-order valence-electron chi connectivity index (χ0n) is 11.6. The van der Waals surface area contributed by atoms with Gasteiger partial charge in [-0.05, 0) is 22.6 Å². The van der Waals surface area contributed by atoms with Crippen LogP contribution in [0.15, 0.2) is 16.9 Å². The molecule has 0 unspecified atom stereocenters. The Morgan fingerprint density at radius 1 is 1.14 bits per heavy atom. The van der Waals surface area contributed by atoms with Crippen LogP contribution in [0.2, 0.25) is 0 Å². The first-order chi connectivity index (χ1) is 10.0. The number of benzene rings is 1. The lowest BCUT2D eigenvalue weighted by atomic mass is 10.1. The van der Waals surface area contributed by atoms with Crippen LogP contribution in [0.25, 0.3) is 11.4 Å². The Labute approximate surface area is 134 Å². The number of ether oxygens (including phenoxy) is 3. The fourth-order valence-corrected chi connectivity index (χ4v) is 2.06. The summed E-state index contributed by atoms with van der Waals surface area (Å²) in [7, 11) is 4.47. The van der Waals surface area contributed by atoms with E-state index in [9.17, 15) is 9.90 Å². The summed E-state index contributed by atoms with van der Waals surface area (Å²) in [5, 5.41) is 9.73. The number of hydrogen-bond donors (Lipinski definition) is 2. The van der Waals surface area contributed by atoms with Crippen LogP contribution >= 0.6 is 22.6 Å². The maximum absolute atomic E-state index is 11.8. The van der Waals surface area contributed by atoms with Crippen LogP contribution in [-0.4, -0.2) is 36.4 Å². The highest BCUT2D eigenvalue weighted by Crippen LogP contribution is 2.40. The van der Waals surface area contributed by atoms with E-state index in [0.29, 0.717) is 22.8 Å². The van der Waals surface area contributed by atoms with Gasteiger partial charge >= 0.3 is 0 Å². The molecule has 7 nitrogen and oxygen atoms in total. The van der Waals surface area contributed by atoms with Crippen molar-refractivity contribution in [3.8, 4) is 34.5 Å². The largest absolute Gasteiger partial charge is 0.496 e. The van der Waals surface area contributed by atoms with Crippen LogP contribution in [0.4, 0.5) is 0 Å². The molecule has 1 aromatic heterocycles. The van der Waals surface area contributed by atoms with Crippen molar-refractivity contribution in [1.82, 2.24) is 9.97 Å². The molecule has 2 N–H and O–H groups in total. The van der Waals surface area contributed by atoms with Gasteiger partial charge in [0.1, 0.15) is 26.4 Å². The molecule has 21 heavy (non-hydrogen) atoms. The van der Waals surface area contributed by atoms with Crippen molar-refractivity contribution in [3.05, 3.63) is 26.1 Å². The van der Waals surface area contributed by atoms with Gasteiger partial charge in [-0.2, -0.15) is 4.98 Å². The number of nitrogens with zero attached hydrogens (tertiary/aromatic N) is 1. The smallest absolute Gasteiger partial charge is 0.268 e. The van der Waals surface area contributed by atoms with E-state index in [4.69, 9.17) is 14.2 Å². The Morgan fingerprint density at radius 3 is 2.14 bits per heavy atom. The number of aromatic hydroxyl groups is 1. The lowest BCUT2D eigenvalue weighted by Crippen LogP contribution is -2.13. The van der Waals surface area contributed by atoms with Gasteiger partial charge in [-0.25, -0.2) is 0 Å². The first-order valence-electron chi connectivity index (χ1n) is 5.81. The summed E-state index contributed by atoms with van der Waals surface area (Å²) in [5.74, 6) is 1.12. The van der Waals surface area contributed by atoms with Crippen molar-refractivity contribution in [2.75, 3.05) is 21.3 Å². The molecule has 0 spiro atoms. The number of rotatable bonds is 4. The van der Waals surface area contributed by atoms with E-state index in [-0.39, 0.29) is 15.3 Å². The molecule has 2 aromatic rings. The van der Waals surface area contributed by atoms with Crippen LogP contribution in [0.1, 0.15) is 0 Å². The third kappa shape index (κ3) is 2.89. The summed E-state index contributed by atoms with van der Waals surface area (Å²) >= 11 is 1.71. The highest BCUT2D eigenvalue weighted by molar-refractivity contribution is 14.1. The van der Waals surface area contributed by atoms with E-state index in [1.54, 1.807) is 34.7 Å². The number of aromatic nitrogens is 2. The summed E-state index contributed by atoms with van der Waals surface area (Å²) in [6.45, 7) is 0. The lowest BCUT2D eigenvalue weighted by molar-refractivity contribution is 0.377. The van der Waals surface area contributed by atoms with Crippen molar-refractivity contribution in [1.29, 1.82) is 0 Å². The average molecular weight is 404 g/mol. The van der Waals surface area contributed by atoms with Crippen molar-refractivity contribution in [3.63, 3.8) is 0 Å². The molecule has 2 rings (SSSR count). The van der Waals surface area contributed by atoms with E-state index in [2.05, 4.69) is 9.97 Å². The number of aromatic amines is 1. The third-order valence-corrected chi connectivity index (χ3v) is 3.77. The second kappa shape index (κ2) is 6.20. The molecule has 1 aromatic carbocycles. The van der Waals surface area contributed by atoms with Crippen LogP contribution in [0, 0.1) is 3.57 Å². The van der Waals surface area contributed by atoms with Gasteiger partial charge < -0.3 is 24.3 Å². The van der Waals surface area contributed by atoms with Gasteiger partial charge in [-0.3, -0.25) is 4.79 Å². The number of methoxy groups -OCH3 is 3. The minimum atomic E-state index is -0.446. The monoisotopic (exact) mass is 404 g/mol. The summed E-state index contributed by atoms with van der Waals surface area (Å²) in [6, 6.07) is 3.26. The molecule has 0 aliphatic heterocycles. The zero-order valence-corrected chi connectivity index (χ0v) is 13.7. The molecule has 8 heteroatoms. The molecule has 0 atom stereocenters. The molecular formula is C13H13IN2O5. The predicted molar refractivity (Wildman–Crippen MR) is 84.3 cm³/mol. The van der Waals surface area contributed by atoms with Gasteiger partial charge in [-0.1, -0.05) is 0 Å². The summed E-state index contributed by atoms with van der Waals surface area (Å²) in [6.07, 6.45) is 0. The van der Waals surface area contributed by atoms with Crippen LogP contribution in [0.5, 0.6) is 23.1 Å². The highest BCUT2D eigenvalue weighted by Gasteiger charge is 2.19. The van der Waals surface area contributed by atoms with Crippen molar-refractivity contribution >= 4 is 22.6 Å². The first kappa shape index (κ1) is 15.4. The SMILES string of the molecule is COc1cc(OC)c(-c2nc(O)c(I)c(=O)[nH]2)c(OC)c1. The van der Waals surface area contributed by atoms with Crippen LogP contribution < -0.4 is 19.8 Å². The Bertz CT molecular complexity index is 704. The summed E-state index contributed by atoms with van der Waals surface area (Å²) in [5.41, 5.74) is -0.0253. The Kier molecular flexibility index (Phi) is 4.56. The molecular weight excluding hydrogens is 391 g/mol. The maximum Gasteiger partial charge on any atom is 0.268 e. The van der Waals surface area contributed by atoms with Crippen molar-refractivity contribution in [2.45, 2.75) is 0 Å². The standard InChI is InChI=1S/C13H13IN2O5/c1-19-6-4-7(20-2)9(8(5-6)21-3)11-15-12(17)10(14)13(18)16-11/h4-5H,1-3H3,(H2,15,16,17,18). The van der Waals surface area contributed by atoms with Gasteiger partial charge in [0, 0.05) is 12.1 Å². The van der Waals surface area contributed by atoms with E-state index in [0.717, 1.165) is 0 Å². The van der Waals surface area contributed by atoms with Gasteiger partial charge in [0.05, 0.1) is 21.3 Å². The molecule has 0 amide bonds. The topological polar surface area (TPSA) is 93.7 Å². The minimum Gasteiger partial charge on any atom is -0.496 e. The molecule has 1 heterocycles. The predicted octanol–water partition coefficient (Wildman–Crippen LogP) is 1.77. The molecule has 0 bridgehead atoms. The highest BCUT2D eigenvalue weighted by atomic mass is 127. The van der Waals surface area contributed by atoms with Crippen molar-refractivity contribution < 1.29 is 19.3 Å². The molecule has 0 radical (unpaired) electrons. The van der Waals surface area contributed by atoms with E-state index in [1.165, 1.54) is 21.3 Å². The number of nitrogens with one attached hydrogen (secondary N) is 1. The summed E-state index contributed by atoms with van der Waals surface area (Å²) in [4.78, 5) is 18.3. The third-order valence-electron chi connectivity index (χ3n) is 2.80. The second-order valence-corrected chi connectivity index (χ2v) is 5.04. The quantitative estimate of drug-likeness (QED) is 0.755. The Balaban J connectivity index is 2.76.